The van der Waals surface area contributed by atoms with E-state index in [1.165, 1.54) is 6.20 Å². The van der Waals surface area contributed by atoms with Crippen LogP contribution >= 0.6 is 11.8 Å². The number of carbonyl (C=O) groups is 1. The van der Waals surface area contributed by atoms with Crippen LogP contribution in [0, 0.1) is 0 Å². The number of nitrogen functional groups attached to an aromatic ring is 1. The third kappa shape index (κ3) is 3.01. The van der Waals surface area contributed by atoms with Crippen LogP contribution in [0.5, 0.6) is 0 Å². The van der Waals surface area contributed by atoms with Crippen molar-refractivity contribution in [3.05, 3.63) is 48.2 Å². The van der Waals surface area contributed by atoms with Crippen molar-refractivity contribution in [1.82, 2.24) is 4.98 Å². The van der Waals surface area contributed by atoms with Crippen LogP contribution in [0.15, 0.2) is 47.5 Å². The molecule has 3 N–H and O–H groups in total. The molecule has 1 heterocycles. The molecule has 0 aliphatic heterocycles. The van der Waals surface area contributed by atoms with E-state index in [-0.39, 0.29) is 5.91 Å². The zero-order valence-corrected chi connectivity index (χ0v) is 10.7. The lowest BCUT2D eigenvalue weighted by atomic mass is 10.2. The van der Waals surface area contributed by atoms with Gasteiger partial charge in [0.15, 0.2) is 0 Å². The first-order valence-corrected chi connectivity index (χ1v) is 6.58. The predicted octanol–water partition coefficient (Wildman–Crippen LogP) is 2.64. The second-order valence-corrected chi connectivity index (χ2v) is 4.53. The van der Waals surface area contributed by atoms with Crippen molar-refractivity contribution in [2.75, 3.05) is 17.3 Å². The number of pyridine rings is 1. The second kappa shape index (κ2) is 5.55. The predicted molar refractivity (Wildman–Crippen MR) is 74.8 cm³/mol. The number of thioether (sulfide) groups is 1. The first-order chi connectivity index (χ1) is 8.69. The summed E-state index contributed by atoms with van der Waals surface area (Å²) in [4.78, 5) is 16.9. The van der Waals surface area contributed by atoms with Gasteiger partial charge in [0.25, 0.3) is 5.91 Å². The van der Waals surface area contributed by atoms with E-state index in [1.807, 2.05) is 30.5 Å². The molecule has 0 fully saturated rings. The van der Waals surface area contributed by atoms with E-state index in [0.717, 1.165) is 10.6 Å². The van der Waals surface area contributed by atoms with Crippen molar-refractivity contribution < 1.29 is 4.79 Å². The molecule has 1 amide bonds. The average molecular weight is 259 g/mol. The lowest BCUT2D eigenvalue weighted by Gasteiger charge is -2.06. The molecule has 5 heteroatoms. The van der Waals surface area contributed by atoms with Crippen LogP contribution in [-0.4, -0.2) is 17.1 Å². The van der Waals surface area contributed by atoms with Gasteiger partial charge in [-0.3, -0.25) is 4.79 Å². The largest absolute Gasteiger partial charge is 0.384 e. The maximum absolute atomic E-state index is 11.9. The van der Waals surface area contributed by atoms with Gasteiger partial charge in [-0.25, -0.2) is 4.98 Å². The van der Waals surface area contributed by atoms with Crippen LogP contribution in [0.3, 0.4) is 0 Å². The van der Waals surface area contributed by atoms with Gasteiger partial charge >= 0.3 is 0 Å². The van der Waals surface area contributed by atoms with E-state index in [9.17, 15) is 4.79 Å². The zero-order valence-electron chi connectivity index (χ0n) is 9.88. The number of nitrogens with one attached hydrogen (secondary N) is 1. The molecule has 1 aromatic heterocycles. The van der Waals surface area contributed by atoms with Crippen molar-refractivity contribution in [2.24, 2.45) is 0 Å². The normalized spacial score (nSPS) is 10.1. The second-order valence-electron chi connectivity index (χ2n) is 3.65. The SMILES string of the molecule is CSc1ccc(NC(=O)c2ccnc(N)c2)cc1. The van der Waals surface area contributed by atoms with Gasteiger partial charge in [0, 0.05) is 22.3 Å². The highest BCUT2D eigenvalue weighted by Gasteiger charge is 2.06. The number of benzene rings is 1. The standard InChI is InChI=1S/C13H13N3OS/c1-18-11-4-2-10(3-5-11)16-13(17)9-6-7-15-12(14)8-9/h2-8H,1H3,(H2,14,15)(H,16,17). The first kappa shape index (κ1) is 12.4. The molecule has 1 aromatic carbocycles. The highest BCUT2D eigenvalue weighted by molar-refractivity contribution is 7.98. The number of hydrogen-bond donors (Lipinski definition) is 2. The summed E-state index contributed by atoms with van der Waals surface area (Å²) in [5.41, 5.74) is 6.79. The molecule has 0 atom stereocenters. The molecule has 0 spiro atoms. The van der Waals surface area contributed by atoms with Crippen molar-refractivity contribution >= 4 is 29.2 Å². The topological polar surface area (TPSA) is 68.0 Å². The highest BCUT2D eigenvalue weighted by Crippen LogP contribution is 2.18. The minimum atomic E-state index is -0.194. The van der Waals surface area contributed by atoms with Crippen LogP contribution in [0.25, 0.3) is 0 Å². The smallest absolute Gasteiger partial charge is 0.255 e. The van der Waals surface area contributed by atoms with Gasteiger partial charge in [0.1, 0.15) is 5.82 Å². The number of hydrogen-bond acceptors (Lipinski definition) is 4. The van der Waals surface area contributed by atoms with Gasteiger partial charge in [0.05, 0.1) is 0 Å². The molecule has 92 valence electrons. The van der Waals surface area contributed by atoms with Crippen LogP contribution in [0.4, 0.5) is 11.5 Å². The highest BCUT2D eigenvalue weighted by atomic mass is 32.2. The van der Waals surface area contributed by atoms with Crippen molar-refractivity contribution in [3.8, 4) is 0 Å². The van der Waals surface area contributed by atoms with Crippen molar-refractivity contribution in [2.45, 2.75) is 4.90 Å². The molecule has 2 aromatic rings. The van der Waals surface area contributed by atoms with E-state index in [1.54, 1.807) is 23.9 Å². The number of aromatic nitrogens is 1. The van der Waals surface area contributed by atoms with Gasteiger partial charge in [-0.2, -0.15) is 0 Å². The maximum atomic E-state index is 11.9. The van der Waals surface area contributed by atoms with Gasteiger partial charge < -0.3 is 11.1 Å². The molecule has 0 unspecified atom stereocenters. The monoisotopic (exact) mass is 259 g/mol. The Morgan fingerprint density at radius 2 is 2.00 bits per heavy atom. The molecular weight excluding hydrogens is 246 g/mol. The summed E-state index contributed by atoms with van der Waals surface area (Å²) in [5, 5.41) is 2.81. The summed E-state index contributed by atoms with van der Waals surface area (Å²) < 4.78 is 0. The number of rotatable bonds is 3. The van der Waals surface area contributed by atoms with Gasteiger partial charge in [0.2, 0.25) is 0 Å². The summed E-state index contributed by atoms with van der Waals surface area (Å²) >= 11 is 1.66. The molecule has 0 bridgehead atoms. The first-order valence-electron chi connectivity index (χ1n) is 5.36. The van der Waals surface area contributed by atoms with Gasteiger partial charge in [-0.05, 0) is 42.7 Å². The van der Waals surface area contributed by atoms with Crippen molar-refractivity contribution in [1.29, 1.82) is 0 Å². The quantitative estimate of drug-likeness (QED) is 0.831. The fourth-order valence-corrected chi connectivity index (χ4v) is 1.88. The van der Waals surface area contributed by atoms with E-state index >= 15 is 0 Å². The van der Waals surface area contributed by atoms with E-state index in [0.29, 0.717) is 11.4 Å². The Labute approximate surface area is 110 Å². The Morgan fingerprint density at radius 1 is 1.28 bits per heavy atom. The number of nitrogens with two attached hydrogens (primary N) is 1. The third-order valence-electron chi connectivity index (χ3n) is 2.39. The maximum Gasteiger partial charge on any atom is 0.255 e. The zero-order chi connectivity index (χ0) is 13.0. The summed E-state index contributed by atoms with van der Waals surface area (Å²) in [5.74, 6) is 0.140. The Kier molecular flexibility index (Phi) is 3.84. The molecule has 0 aliphatic rings. The molecule has 0 saturated carbocycles. The van der Waals surface area contributed by atoms with Gasteiger partial charge in [-0.1, -0.05) is 0 Å². The molecule has 18 heavy (non-hydrogen) atoms. The Balaban J connectivity index is 2.11. The summed E-state index contributed by atoms with van der Waals surface area (Å²) in [6, 6.07) is 10.8. The third-order valence-corrected chi connectivity index (χ3v) is 3.13. The van der Waals surface area contributed by atoms with Crippen LogP contribution in [-0.2, 0) is 0 Å². The Hall–Kier alpha value is -2.01. The fraction of sp³-hybridized carbons (Fsp3) is 0.0769. The molecule has 0 radical (unpaired) electrons. The molecular formula is C13H13N3OS. The van der Waals surface area contributed by atoms with Crippen LogP contribution in [0.1, 0.15) is 10.4 Å². The summed E-state index contributed by atoms with van der Waals surface area (Å²) in [7, 11) is 0. The van der Waals surface area contributed by atoms with Crippen molar-refractivity contribution in [3.63, 3.8) is 0 Å². The Morgan fingerprint density at radius 3 is 2.61 bits per heavy atom. The lowest BCUT2D eigenvalue weighted by Crippen LogP contribution is -2.12. The van der Waals surface area contributed by atoms with Crippen LogP contribution < -0.4 is 11.1 Å². The minimum Gasteiger partial charge on any atom is -0.384 e. The lowest BCUT2D eigenvalue weighted by molar-refractivity contribution is 0.102. The average Bonchev–Trinajstić information content (AvgIpc) is 2.39. The number of anilines is 2. The number of nitrogens with zero attached hydrogens (tertiary/aromatic N) is 1. The van der Waals surface area contributed by atoms with Crippen LogP contribution in [0.2, 0.25) is 0 Å². The van der Waals surface area contributed by atoms with Gasteiger partial charge in [-0.15, -0.1) is 11.8 Å². The molecule has 0 saturated heterocycles. The molecule has 4 nitrogen and oxygen atoms in total. The number of carbonyl (C=O) groups excluding carboxylic acids is 1. The Bertz CT molecular complexity index is 554. The van der Waals surface area contributed by atoms with E-state index in [4.69, 9.17) is 5.73 Å². The molecule has 2 rings (SSSR count). The number of amides is 1. The summed E-state index contributed by atoms with van der Waals surface area (Å²) in [6.07, 6.45) is 3.52. The fourth-order valence-electron chi connectivity index (χ4n) is 1.47. The molecule has 0 aliphatic carbocycles. The summed E-state index contributed by atoms with van der Waals surface area (Å²) in [6.45, 7) is 0. The minimum absolute atomic E-state index is 0.194. The van der Waals surface area contributed by atoms with E-state index in [2.05, 4.69) is 10.3 Å². The van der Waals surface area contributed by atoms with E-state index < -0.39 is 0 Å².